The summed E-state index contributed by atoms with van der Waals surface area (Å²) in [5, 5.41) is 11.4. The summed E-state index contributed by atoms with van der Waals surface area (Å²) in [7, 11) is 1.85. The Morgan fingerprint density at radius 1 is 1.42 bits per heavy atom. The number of nitrogens with two attached hydrogens (primary N) is 2. The van der Waals surface area contributed by atoms with E-state index in [9.17, 15) is 19.5 Å². The lowest BCUT2D eigenvalue weighted by atomic mass is 9.80. The molecule has 3 heterocycles. The van der Waals surface area contributed by atoms with Gasteiger partial charge in [-0.3, -0.25) is 19.3 Å². The van der Waals surface area contributed by atoms with Crippen molar-refractivity contribution in [3.63, 3.8) is 0 Å². The first-order valence-corrected chi connectivity index (χ1v) is 7.66. The van der Waals surface area contributed by atoms with Crippen molar-refractivity contribution < 1.29 is 24.3 Å². The predicted molar refractivity (Wildman–Crippen MR) is 79.3 cm³/mol. The zero-order chi connectivity index (χ0) is 17.5. The molecule has 0 aromatic carbocycles. The molecule has 2 saturated heterocycles. The van der Waals surface area contributed by atoms with Gasteiger partial charge in [-0.1, -0.05) is 0 Å². The molecule has 3 aliphatic heterocycles. The van der Waals surface area contributed by atoms with Gasteiger partial charge < -0.3 is 20.6 Å². The number of hydrogen-bond donors (Lipinski definition) is 3. The minimum Gasteiger partial charge on any atom is -0.395 e. The zero-order valence-corrected chi connectivity index (χ0v) is 13.3. The fourth-order valence-corrected chi connectivity index (χ4v) is 4.49. The highest BCUT2D eigenvalue weighted by molar-refractivity contribution is 6.25. The molecule has 2 fully saturated rings. The van der Waals surface area contributed by atoms with Crippen molar-refractivity contribution >= 4 is 17.5 Å². The second-order valence-corrected chi connectivity index (χ2v) is 6.78. The number of hydrogen-bond acceptors (Lipinski definition) is 9. The second-order valence-electron chi connectivity index (χ2n) is 6.78. The standard InChI is InChI=1S/C15H18N4O5/c1-5-10(16)13(22)9-6(3-8(20)24-17)15(23)14-7(18(14)2)4-19(15)11(9)12(5)21/h6-7,14,23H,3-4,16-17H2,1-2H3/t6-,7-,14-,15+,18?/m0/s1. The van der Waals surface area contributed by atoms with Crippen LogP contribution < -0.4 is 11.6 Å². The molecule has 5 N–H and O–H groups in total. The van der Waals surface area contributed by atoms with Gasteiger partial charge in [-0.15, -0.1) is 0 Å². The summed E-state index contributed by atoms with van der Waals surface area (Å²) in [6.07, 6.45) is -0.301. The Morgan fingerprint density at radius 3 is 2.71 bits per heavy atom. The normalized spacial score (nSPS) is 39.9. The minimum atomic E-state index is -1.52. The van der Waals surface area contributed by atoms with Gasteiger partial charge in [0.25, 0.3) is 0 Å². The number of nitrogens with zero attached hydrogens (tertiary/aromatic N) is 2. The molecule has 1 aliphatic carbocycles. The summed E-state index contributed by atoms with van der Waals surface area (Å²) < 4.78 is 0. The number of rotatable bonds is 2. The van der Waals surface area contributed by atoms with E-state index in [0.29, 0.717) is 6.54 Å². The third-order valence-corrected chi connectivity index (χ3v) is 5.81. The van der Waals surface area contributed by atoms with E-state index < -0.39 is 23.4 Å². The fourth-order valence-electron chi connectivity index (χ4n) is 4.49. The van der Waals surface area contributed by atoms with E-state index in [1.54, 1.807) is 4.90 Å². The first-order valence-electron chi connectivity index (χ1n) is 7.66. The highest BCUT2D eigenvalue weighted by atomic mass is 16.7. The molecule has 0 saturated carbocycles. The highest BCUT2D eigenvalue weighted by Crippen LogP contribution is 2.58. The van der Waals surface area contributed by atoms with Crippen molar-refractivity contribution in [2.24, 2.45) is 17.5 Å². The first kappa shape index (κ1) is 15.3. The maximum Gasteiger partial charge on any atom is 0.325 e. The molecule has 0 radical (unpaired) electrons. The van der Waals surface area contributed by atoms with Gasteiger partial charge in [0.15, 0.2) is 5.72 Å². The molecular weight excluding hydrogens is 316 g/mol. The van der Waals surface area contributed by atoms with Gasteiger partial charge in [-0.2, -0.15) is 5.90 Å². The molecule has 0 bridgehead atoms. The zero-order valence-electron chi connectivity index (χ0n) is 13.3. The van der Waals surface area contributed by atoms with E-state index >= 15 is 0 Å². The van der Waals surface area contributed by atoms with Gasteiger partial charge in [0.05, 0.1) is 29.8 Å². The third kappa shape index (κ3) is 1.52. The number of ketones is 2. The van der Waals surface area contributed by atoms with Gasteiger partial charge in [-0.25, -0.2) is 0 Å². The SMILES string of the molecule is CC1=C(N)C(=O)C2=C(C1=O)N1C[C@H]3[C@H](N3C)[C@]1(O)[C@H]2CC(=O)ON. The molecular formula is C15H18N4O5. The van der Waals surface area contributed by atoms with Crippen molar-refractivity contribution in [3.05, 3.63) is 22.5 Å². The van der Waals surface area contributed by atoms with Gasteiger partial charge in [-0.05, 0) is 14.0 Å². The number of aliphatic hydroxyl groups is 1. The summed E-state index contributed by atoms with van der Waals surface area (Å²) in [6.45, 7) is 1.90. The number of likely N-dealkylation sites (N-methyl/N-ethyl adjacent to an activating group) is 1. The number of carbonyl (C=O) groups is 3. The maximum absolute atomic E-state index is 12.7. The molecule has 4 aliphatic rings. The Kier molecular flexibility index (Phi) is 2.83. The lowest BCUT2D eigenvalue weighted by Crippen LogP contribution is -2.53. The number of allylic oxidation sites excluding steroid dienone is 2. The Morgan fingerprint density at radius 2 is 2.08 bits per heavy atom. The van der Waals surface area contributed by atoms with Crippen molar-refractivity contribution in [2.45, 2.75) is 31.2 Å². The average Bonchev–Trinajstić information content (AvgIpc) is 2.97. The van der Waals surface area contributed by atoms with Gasteiger partial charge >= 0.3 is 5.97 Å². The quantitative estimate of drug-likeness (QED) is 0.290. The van der Waals surface area contributed by atoms with Crippen LogP contribution in [0.4, 0.5) is 0 Å². The molecule has 0 amide bonds. The fraction of sp³-hybridized carbons (Fsp3) is 0.533. The van der Waals surface area contributed by atoms with Gasteiger partial charge in [0, 0.05) is 23.7 Å². The Bertz CT molecular complexity index is 772. The average molecular weight is 334 g/mol. The van der Waals surface area contributed by atoms with Crippen LogP contribution in [0.25, 0.3) is 0 Å². The molecule has 9 nitrogen and oxygen atoms in total. The van der Waals surface area contributed by atoms with Crippen molar-refractivity contribution in [1.29, 1.82) is 0 Å². The van der Waals surface area contributed by atoms with Gasteiger partial charge in [0.2, 0.25) is 11.6 Å². The van der Waals surface area contributed by atoms with E-state index in [2.05, 4.69) is 4.84 Å². The summed E-state index contributed by atoms with van der Waals surface area (Å²) in [6, 6.07) is -0.187. The van der Waals surface area contributed by atoms with Gasteiger partial charge in [0.1, 0.15) is 0 Å². The lowest BCUT2D eigenvalue weighted by Gasteiger charge is -2.37. The van der Waals surface area contributed by atoms with E-state index in [-0.39, 0.29) is 46.8 Å². The minimum absolute atomic E-state index is 0.0758. The summed E-state index contributed by atoms with van der Waals surface area (Å²) in [5.74, 6) is 2.35. The number of fused-ring (bicyclic) bond motifs is 4. The predicted octanol–water partition coefficient (Wildman–Crippen LogP) is -2.25. The first-order chi connectivity index (χ1) is 11.2. The maximum atomic E-state index is 12.7. The molecule has 4 rings (SSSR count). The van der Waals surface area contributed by atoms with Crippen LogP contribution in [0, 0.1) is 5.92 Å². The van der Waals surface area contributed by atoms with Crippen LogP contribution >= 0.6 is 0 Å². The molecule has 0 spiro atoms. The monoisotopic (exact) mass is 334 g/mol. The van der Waals surface area contributed by atoms with Crippen LogP contribution in [0.1, 0.15) is 13.3 Å². The second kappa shape index (κ2) is 4.44. The van der Waals surface area contributed by atoms with E-state index in [0.717, 1.165) is 0 Å². The largest absolute Gasteiger partial charge is 0.395 e. The molecule has 0 aromatic heterocycles. The van der Waals surface area contributed by atoms with E-state index in [1.165, 1.54) is 6.92 Å². The molecule has 24 heavy (non-hydrogen) atoms. The molecule has 128 valence electrons. The Balaban J connectivity index is 1.86. The van der Waals surface area contributed by atoms with Crippen LogP contribution in [0.2, 0.25) is 0 Å². The number of Topliss-reactive ketones (excluding diaryl/α,β-unsaturated/α-hetero) is 2. The molecule has 9 heteroatoms. The smallest absolute Gasteiger partial charge is 0.325 e. The molecule has 1 unspecified atom stereocenters. The topological polar surface area (TPSA) is 139 Å². The third-order valence-electron chi connectivity index (χ3n) is 5.81. The van der Waals surface area contributed by atoms with Crippen molar-refractivity contribution in [2.75, 3.05) is 13.6 Å². The Labute approximate surface area is 137 Å². The van der Waals surface area contributed by atoms with Crippen LogP contribution in [0.3, 0.4) is 0 Å². The summed E-state index contributed by atoms with van der Waals surface area (Å²) >= 11 is 0. The number of carbonyl (C=O) groups excluding carboxylic acids is 3. The van der Waals surface area contributed by atoms with Crippen LogP contribution in [0.5, 0.6) is 0 Å². The van der Waals surface area contributed by atoms with E-state index in [4.69, 9.17) is 11.6 Å². The summed E-state index contributed by atoms with van der Waals surface area (Å²) in [4.78, 5) is 44.9. The highest BCUT2D eigenvalue weighted by Gasteiger charge is 2.74. The summed E-state index contributed by atoms with van der Waals surface area (Å²) in [5.41, 5.74) is 4.53. The molecule has 0 aromatic rings. The van der Waals surface area contributed by atoms with Crippen molar-refractivity contribution in [1.82, 2.24) is 9.80 Å². The van der Waals surface area contributed by atoms with Crippen LogP contribution in [0.15, 0.2) is 22.5 Å². The number of piperazine rings is 1. The van der Waals surface area contributed by atoms with Crippen LogP contribution in [-0.2, 0) is 19.2 Å². The Hall–Kier alpha value is -2.23. The van der Waals surface area contributed by atoms with E-state index in [1.807, 2.05) is 11.9 Å². The van der Waals surface area contributed by atoms with Crippen molar-refractivity contribution in [3.8, 4) is 0 Å². The van der Waals surface area contributed by atoms with Crippen LogP contribution in [-0.4, -0.2) is 63.8 Å². The molecule has 5 atom stereocenters. The lowest BCUT2D eigenvalue weighted by molar-refractivity contribution is -0.152.